The van der Waals surface area contributed by atoms with Gasteiger partial charge in [0.05, 0.1) is 0 Å². The second-order valence-electron chi connectivity index (χ2n) is 5.50. The number of halogens is 2. The first-order valence-corrected chi connectivity index (χ1v) is 8.23. The molecule has 2 fully saturated rings. The number of hydrogen-bond donors (Lipinski definition) is 0. The molecule has 0 radical (unpaired) electrons. The van der Waals surface area contributed by atoms with Crippen molar-refractivity contribution in [3.63, 3.8) is 0 Å². The Morgan fingerprint density at radius 2 is 2.06 bits per heavy atom. The van der Waals surface area contributed by atoms with E-state index in [1.54, 1.807) is 0 Å². The second-order valence-corrected chi connectivity index (χ2v) is 6.68. The van der Waals surface area contributed by atoms with Gasteiger partial charge >= 0.3 is 0 Å². The lowest BCUT2D eigenvalue weighted by Gasteiger charge is -2.34. The van der Waals surface area contributed by atoms with E-state index < -0.39 is 0 Å². The number of benzene rings is 1. The molecule has 1 aliphatic heterocycles. The summed E-state index contributed by atoms with van der Waals surface area (Å²) < 4.78 is 1.13. The number of rotatable bonds is 2. The maximum atomic E-state index is 6.11. The highest BCUT2D eigenvalue weighted by Gasteiger charge is 2.36. The summed E-state index contributed by atoms with van der Waals surface area (Å²) >= 11 is 9.65. The first-order chi connectivity index (χ1) is 8.79. The molecular formula is C15H19BrClN. The lowest BCUT2D eigenvalue weighted by molar-refractivity contribution is 0.342. The van der Waals surface area contributed by atoms with Gasteiger partial charge in [-0.1, -0.05) is 28.8 Å². The number of hydrogen-bond acceptors (Lipinski definition) is 1. The SMILES string of the molecule is ClCc1cc(Br)ccc1N1CCC2CCCCC21. The molecule has 2 unspecified atom stereocenters. The second kappa shape index (κ2) is 5.42. The van der Waals surface area contributed by atoms with Crippen LogP contribution in [-0.2, 0) is 5.88 Å². The van der Waals surface area contributed by atoms with Crippen LogP contribution in [0.2, 0.25) is 0 Å². The van der Waals surface area contributed by atoms with Gasteiger partial charge in [-0.3, -0.25) is 0 Å². The maximum Gasteiger partial charge on any atom is 0.0494 e. The Labute approximate surface area is 123 Å². The van der Waals surface area contributed by atoms with Crippen molar-refractivity contribution >= 4 is 33.2 Å². The fourth-order valence-corrected chi connectivity index (χ4v) is 4.27. The molecule has 1 aromatic carbocycles. The number of anilines is 1. The van der Waals surface area contributed by atoms with Gasteiger partial charge in [-0.2, -0.15) is 0 Å². The molecule has 0 bridgehead atoms. The van der Waals surface area contributed by atoms with Gasteiger partial charge in [0, 0.05) is 28.6 Å². The first-order valence-electron chi connectivity index (χ1n) is 6.90. The van der Waals surface area contributed by atoms with Crippen LogP contribution < -0.4 is 4.90 Å². The van der Waals surface area contributed by atoms with E-state index in [0.717, 1.165) is 16.4 Å². The fraction of sp³-hybridized carbons (Fsp3) is 0.600. The van der Waals surface area contributed by atoms with E-state index in [2.05, 4.69) is 39.0 Å². The highest BCUT2D eigenvalue weighted by atomic mass is 79.9. The third kappa shape index (κ3) is 2.30. The first kappa shape index (κ1) is 12.8. The van der Waals surface area contributed by atoms with E-state index in [-0.39, 0.29) is 0 Å². The summed E-state index contributed by atoms with van der Waals surface area (Å²) in [6.07, 6.45) is 6.97. The Hall–Kier alpha value is -0.210. The van der Waals surface area contributed by atoms with Gasteiger partial charge in [0.1, 0.15) is 0 Å². The van der Waals surface area contributed by atoms with Crippen LogP contribution in [0.3, 0.4) is 0 Å². The lowest BCUT2D eigenvalue weighted by Crippen LogP contribution is -2.35. The minimum Gasteiger partial charge on any atom is -0.368 e. The Morgan fingerprint density at radius 1 is 1.22 bits per heavy atom. The summed E-state index contributed by atoms with van der Waals surface area (Å²) in [7, 11) is 0. The third-order valence-corrected chi connectivity index (χ3v) is 5.29. The molecule has 1 aromatic rings. The minimum atomic E-state index is 0.600. The predicted octanol–water partition coefficient (Wildman–Crippen LogP) is 4.96. The van der Waals surface area contributed by atoms with E-state index >= 15 is 0 Å². The summed E-state index contributed by atoms with van der Waals surface area (Å²) in [4.78, 5) is 2.62. The Kier molecular flexibility index (Phi) is 3.86. The molecule has 0 spiro atoms. The number of nitrogens with zero attached hydrogens (tertiary/aromatic N) is 1. The molecule has 1 saturated heterocycles. The molecule has 0 aromatic heterocycles. The molecule has 3 rings (SSSR count). The largest absolute Gasteiger partial charge is 0.368 e. The van der Waals surface area contributed by atoms with Crippen molar-refractivity contribution in [2.45, 2.75) is 44.0 Å². The van der Waals surface area contributed by atoms with E-state index in [1.165, 1.54) is 49.9 Å². The summed E-state index contributed by atoms with van der Waals surface area (Å²) in [6.45, 7) is 1.21. The molecule has 18 heavy (non-hydrogen) atoms. The summed E-state index contributed by atoms with van der Waals surface area (Å²) in [5.74, 6) is 1.52. The molecule has 2 atom stereocenters. The molecule has 1 nitrogen and oxygen atoms in total. The Bertz CT molecular complexity index is 435. The molecule has 3 heteroatoms. The van der Waals surface area contributed by atoms with Crippen molar-refractivity contribution in [3.05, 3.63) is 28.2 Å². The van der Waals surface area contributed by atoms with E-state index in [4.69, 9.17) is 11.6 Å². The smallest absolute Gasteiger partial charge is 0.0494 e. The average molecular weight is 329 g/mol. The van der Waals surface area contributed by atoms with Crippen molar-refractivity contribution < 1.29 is 0 Å². The van der Waals surface area contributed by atoms with Gasteiger partial charge in [-0.15, -0.1) is 11.6 Å². The molecule has 1 saturated carbocycles. The van der Waals surface area contributed by atoms with Crippen LogP contribution in [-0.4, -0.2) is 12.6 Å². The zero-order valence-corrected chi connectivity index (χ0v) is 12.9. The standard InChI is InChI=1S/C15H19BrClN/c16-13-5-6-15(12(9-13)10-17)18-8-7-11-3-1-2-4-14(11)18/h5-6,9,11,14H,1-4,7-8,10H2. The van der Waals surface area contributed by atoms with Crippen molar-refractivity contribution in [2.75, 3.05) is 11.4 Å². The number of alkyl halides is 1. The van der Waals surface area contributed by atoms with Crippen LogP contribution >= 0.6 is 27.5 Å². The Morgan fingerprint density at radius 3 is 2.89 bits per heavy atom. The zero-order valence-electron chi connectivity index (χ0n) is 10.5. The van der Waals surface area contributed by atoms with E-state index in [9.17, 15) is 0 Å². The van der Waals surface area contributed by atoms with Crippen LogP contribution in [0.25, 0.3) is 0 Å². The van der Waals surface area contributed by atoms with E-state index in [1.807, 2.05) is 0 Å². The van der Waals surface area contributed by atoms with Crippen LogP contribution in [0.5, 0.6) is 0 Å². The zero-order chi connectivity index (χ0) is 12.5. The van der Waals surface area contributed by atoms with Crippen molar-refractivity contribution in [1.82, 2.24) is 0 Å². The van der Waals surface area contributed by atoms with Gasteiger partial charge < -0.3 is 4.90 Å². The number of fused-ring (bicyclic) bond motifs is 1. The lowest BCUT2D eigenvalue weighted by atomic mass is 9.85. The molecular weight excluding hydrogens is 310 g/mol. The molecule has 0 amide bonds. The monoisotopic (exact) mass is 327 g/mol. The fourth-order valence-electron chi connectivity index (χ4n) is 3.65. The summed E-state index contributed by atoms with van der Waals surface area (Å²) in [6, 6.07) is 7.31. The summed E-state index contributed by atoms with van der Waals surface area (Å²) in [5, 5.41) is 0. The van der Waals surface area contributed by atoms with Crippen LogP contribution in [0.15, 0.2) is 22.7 Å². The van der Waals surface area contributed by atoms with Crippen molar-refractivity contribution in [3.8, 4) is 0 Å². The van der Waals surface area contributed by atoms with Crippen molar-refractivity contribution in [2.24, 2.45) is 5.92 Å². The highest BCUT2D eigenvalue weighted by Crippen LogP contribution is 2.40. The molecule has 1 aliphatic carbocycles. The van der Waals surface area contributed by atoms with Gasteiger partial charge in [0.2, 0.25) is 0 Å². The van der Waals surface area contributed by atoms with Crippen LogP contribution in [0, 0.1) is 5.92 Å². The van der Waals surface area contributed by atoms with Crippen LogP contribution in [0.1, 0.15) is 37.7 Å². The molecule has 0 N–H and O–H groups in total. The van der Waals surface area contributed by atoms with Gasteiger partial charge in [-0.05, 0) is 48.9 Å². The minimum absolute atomic E-state index is 0.600. The molecule has 98 valence electrons. The van der Waals surface area contributed by atoms with Gasteiger partial charge in [0.15, 0.2) is 0 Å². The van der Waals surface area contributed by atoms with Crippen molar-refractivity contribution in [1.29, 1.82) is 0 Å². The Balaban J connectivity index is 1.90. The summed E-state index contributed by atoms with van der Waals surface area (Å²) in [5.41, 5.74) is 2.62. The molecule has 2 aliphatic rings. The van der Waals surface area contributed by atoms with Crippen LogP contribution in [0.4, 0.5) is 5.69 Å². The third-order valence-electron chi connectivity index (χ3n) is 4.51. The quantitative estimate of drug-likeness (QED) is 0.694. The highest BCUT2D eigenvalue weighted by molar-refractivity contribution is 9.10. The topological polar surface area (TPSA) is 3.24 Å². The maximum absolute atomic E-state index is 6.11. The van der Waals surface area contributed by atoms with Gasteiger partial charge in [0.25, 0.3) is 0 Å². The predicted molar refractivity (Wildman–Crippen MR) is 81.4 cm³/mol. The molecule has 1 heterocycles. The normalized spacial score (nSPS) is 27.3. The van der Waals surface area contributed by atoms with E-state index in [0.29, 0.717) is 5.88 Å². The average Bonchev–Trinajstić information content (AvgIpc) is 2.82. The van der Waals surface area contributed by atoms with Gasteiger partial charge in [-0.25, -0.2) is 0 Å².